The van der Waals surface area contributed by atoms with Gasteiger partial charge in [0.05, 0.1) is 35.7 Å². The zero-order valence-electron chi connectivity index (χ0n) is 11.8. The van der Waals surface area contributed by atoms with Gasteiger partial charge in [-0.1, -0.05) is 15.9 Å². The molecule has 1 aromatic carbocycles. The number of aromatic nitrogens is 3. The van der Waals surface area contributed by atoms with Gasteiger partial charge in [-0.15, -0.1) is 11.3 Å². The Morgan fingerprint density at radius 3 is 3.04 bits per heavy atom. The third kappa shape index (κ3) is 2.73. The van der Waals surface area contributed by atoms with Gasteiger partial charge < -0.3 is 4.42 Å². The first-order chi connectivity index (χ1) is 11.2. The average Bonchev–Trinajstić information content (AvgIpc) is 3.22. The second-order valence-corrected chi connectivity index (χ2v) is 6.73. The van der Waals surface area contributed by atoms with Crippen LogP contribution in [0.4, 0.5) is 0 Å². The topological polar surface area (TPSA) is 60.9 Å². The number of thiazole rings is 1. The van der Waals surface area contributed by atoms with Crippen LogP contribution in [0.5, 0.6) is 0 Å². The predicted molar refractivity (Wildman–Crippen MR) is 92.6 cm³/mol. The molecule has 0 aliphatic heterocycles. The highest BCUT2D eigenvalue weighted by atomic mass is 79.9. The second-order valence-electron chi connectivity index (χ2n) is 4.96. The average molecular weight is 388 g/mol. The summed E-state index contributed by atoms with van der Waals surface area (Å²) in [6.45, 7) is 0.380. The van der Waals surface area contributed by atoms with Gasteiger partial charge in [0.2, 0.25) is 0 Å². The molecule has 0 bridgehead atoms. The van der Waals surface area contributed by atoms with E-state index in [9.17, 15) is 4.79 Å². The van der Waals surface area contributed by atoms with Crippen LogP contribution in [0.1, 0.15) is 5.69 Å². The SMILES string of the molecule is O=c1c2cc(Br)ccc2ncn1Cc1csc(-c2ccco2)n1. The van der Waals surface area contributed by atoms with Crippen molar-refractivity contribution < 1.29 is 4.42 Å². The van der Waals surface area contributed by atoms with E-state index in [1.165, 1.54) is 11.3 Å². The Morgan fingerprint density at radius 1 is 1.30 bits per heavy atom. The summed E-state index contributed by atoms with van der Waals surface area (Å²) >= 11 is 4.88. The summed E-state index contributed by atoms with van der Waals surface area (Å²) < 4.78 is 7.76. The van der Waals surface area contributed by atoms with Gasteiger partial charge in [0.1, 0.15) is 0 Å². The Bertz CT molecular complexity index is 1040. The molecule has 0 N–H and O–H groups in total. The minimum absolute atomic E-state index is 0.0798. The van der Waals surface area contributed by atoms with Crippen molar-refractivity contribution in [2.45, 2.75) is 6.54 Å². The second kappa shape index (κ2) is 5.75. The molecule has 0 saturated heterocycles. The van der Waals surface area contributed by atoms with Crippen molar-refractivity contribution in [3.8, 4) is 10.8 Å². The Morgan fingerprint density at radius 2 is 2.22 bits per heavy atom. The molecular formula is C16H10BrN3O2S. The zero-order valence-corrected chi connectivity index (χ0v) is 14.2. The molecule has 0 aliphatic rings. The van der Waals surface area contributed by atoms with E-state index in [4.69, 9.17) is 4.42 Å². The minimum Gasteiger partial charge on any atom is -0.462 e. The maximum absolute atomic E-state index is 12.6. The first-order valence-electron chi connectivity index (χ1n) is 6.84. The van der Waals surface area contributed by atoms with Crippen LogP contribution in [0.2, 0.25) is 0 Å². The summed E-state index contributed by atoms with van der Waals surface area (Å²) in [6.07, 6.45) is 3.18. The molecule has 0 atom stereocenters. The van der Waals surface area contributed by atoms with Gasteiger partial charge in [0.25, 0.3) is 5.56 Å². The molecular weight excluding hydrogens is 378 g/mol. The molecule has 0 fully saturated rings. The molecule has 114 valence electrons. The first kappa shape index (κ1) is 14.3. The van der Waals surface area contributed by atoms with Gasteiger partial charge in [-0.05, 0) is 30.3 Å². The molecule has 0 spiro atoms. The number of hydrogen-bond donors (Lipinski definition) is 0. The molecule has 0 saturated carbocycles. The molecule has 0 unspecified atom stereocenters. The molecule has 0 aliphatic carbocycles. The maximum Gasteiger partial charge on any atom is 0.261 e. The van der Waals surface area contributed by atoms with Crippen LogP contribution in [0, 0.1) is 0 Å². The van der Waals surface area contributed by atoms with Crippen LogP contribution in [0.15, 0.2) is 62.0 Å². The largest absolute Gasteiger partial charge is 0.462 e. The summed E-state index contributed by atoms with van der Waals surface area (Å²) in [4.78, 5) is 21.4. The fraction of sp³-hybridized carbons (Fsp3) is 0.0625. The Kier molecular flexibility index (Phi) is 3.59. The maximum atomic E-state index is 12.6. The molecule has 4 rings (SSSR count). The number of halogens is 1. The lowest BCUT2D eigenvalue weighted by Crippen LogP contribution is -2.21. The van der Waals surface area contributed by atoms with E-state index in [0.29, 0.717) is 17.4 Å². The number of fused-ring (bicyclic) bond motifs is 1. The van der Waals surface area contributed by atoms with E-state index in [-0.39, 0.29) is 5.56 Å². The highest BCUT2D eigenvalue weighted by molar-refractivity contribution is 9.10. The lowest BCUT2D eigenvalue weighted by Gasteiger charge is -2.05. The van der Waals surface area contributed by atoms with Gasteiger partial charge in [-0.25, -0.2) is 9.97 Å². The van der Waals surface area contributed by atoms with E-state index in [0.717, 1.165) is 20.9 Å². The Hall–Kier alpha value is -2.25. The standard InChI is InChI=1S/C16H10BrN3O2S/c17-10-3-4-13-12(6-10)16(21)20(9-18-13)7-11-8-23-15(19-11)14-2-1-5-22-14/h1-6,8-9H,7H2. The number of benzene rings is 1. The molecule has 7 heteroatoms. The lowest BCUT2D eigenvalue weighted by molar-refractivity contribution is 0.581. The summed E-state index contributed by atoms with van der Waals surface area (Å²) in [7, 11) is 0. The highest BCUT2D eigenvalue weighted by Gasteiger charge is 2.10. The Labute approximate surface area is 143 Å². The lowest BCUT2D eigenvalue weighted by atomic mass is 10.2. The number of nitrogens with zero attached hydrogens (tertiary/aromatic N) is 3. The quantitative estimate of drug-likeness (QED) is 0.534. The number of furan rings is 1. The van der Waals surface area contributed by atoms with E-state index in [1.807, 2.05) is 29.6 Å². The molecule has 0 radical (unpaired) electrons. The van der Waals surface area contributed by atoms with Crippen LogP contribution >= 0.6 is 27.3 Å². The fourth-order valence-electron chi connectivity index (χ4n) is 2.31. The smallest absolute Gasteiger partial charge is 0.261 e. The minimum atomic E-state index is -0.0798. The van der Waals surface area contributed by atoms with Crippen molar-refractivity contribution in [3.63, 3.8) is 0 Å². The monoisotopic (exact) mass is 387 g/mol. The van der Waals surface area contributed by atoms with Crippen LogP contribution in [0.3, 0.4) is 0 Å². The Balaban J connectivity index is 1.70. The zero-order chi connectivity index (χ0) is 15.8. The van der Waals surface area contributed by atoms with Crippen molar-refractivity contribution in [3.05, 3.63) is 68.8 Å². The fourth-order valence-corrected chi connectivity index (χ4v) is 3.45. The number of hydrogen-bond acceptors (Lipinski definition) is 5. The molecule has 0 amide bonds. The summed E-state index contributed by atoms with van der Waals surface area (Å²) in [6, 6.07) is 9.17. The third-order valence-corrected chi connectivity index (χ3v) is 4.80. The molecule has 23 heavy (non-hydrogen) atoms. The summed E-state index contributed by atoms with van der Waals surface area (Å²) in [5.74, 6) is 0.731. The number of rotatable bonds is 3. The third-order valence-electron chi connectivity index (χ3n) is 3.40. The molecule has 3 aromatic heterocycles. The van der Waals surface area contributed by atoms with Gasteiger partial charge in [0.15, 0.2) is 10.8 Å². The van der Waals surface area contributed by atoms with Gasteiger partial charge >= 0.3 is 0 Å². The highest BCUT2D eigenvalue weighted by Crippen LogP contribution is 2.24. The van der Waals surface area contributed by atoms with Gasteiger partial charge in [-0.3, -0.25) is 9.36 Å². The van der Waals surface area contributed by atoms with Gasteiger partial charge in [-0.2, -0.15) is 0 Å². The van der Waals surface area contributed by atoms with E-state index < -0.39 is 0 Å². The van der Waals surface area contributed by atoms with Crippen molar-refractivity contribution in [1.82, 2.24) is 14.5 Å². The van der Waals surface area contributed by atoms with Crippen molar-refractivity contribution >= 4 is 38.2 Å². The summed E-state index contributed by atoms with van der Waals surface area (Å²) in [5.41, 5.74) is 1.41. The van der Waals surface area contributed by atoms with Crippen molar-refractivity contribution in [1.29, 1.82) is 0 Å². The van der Waals surface area contributed by atoms with Crippen LogP contribution in [-0.4, -0.2) is 14.5 Å². The van der Waals surface area contributed by atoms with Crippen molar-refractivity contribution in [2.75, 3.05) is 0 Å². The first-order valence-corrected chi connectivity index (χ1v) is 8.51. The van der Waals surface area contributed by atoms with Crippen LogP contribution in [-0.2, 0) is 6.54 Å². The van der Waals surface area contributed by atoms with E-state index >= 15 is 0 Å². The van der Waals surface area contributed by atoms with Crippen LogP contribution < -0.4 is 5.56 Å². The van der Waals surface area contributed by atoms with Crippen LogP contribution in [0.25, 0.3) is 21.7 Å². The molecule has 4 aromatic rings. The van der Waals surface area contributed by atoms with E-state index in [1.54, 1.807) is 23.2 Å². The van der Waals surface area contributed by atoms with E-state index in [2.05, 4.69) is 25.9 Å². The van der Waals surface area contributed by atoms with Gasteiger partial charge in [0, 0.05) is 9.85 Å². The predicted octanol–water partition coefficient (Wildman–Crippen LogP) is 3.92. The molecule has 5 nitrogen and oxygen atoms in total. The molecule has 3 heterocycles. The summed E-state index contributed by atoms with van der Waals surface area (Å²) in [5, 5.41) is 3.31. The van der Waals surface area contributed by atoms with Crippen molar-refractivity contribution in [2.24, 2.45) is 0 Å². The normalized spacial score (nSPS) is 11.2.